The molecule has 0 unspecified atom stereocenters. The van der Waals surface area contributed by atoms with Gasteiger partial charge in [0.1, 0.15) is 13.4 Å². The Bertz CT molecular complexity index is 139. The van der Waals surface area contributed by atoms with Crippen LogP contribution in [0.5, 0.6) is 0 Å². The van der Waals surface area contributed by atoms with Crippen molar-refractivity contribution in [3.8, 4) is 0 Å². The molecule has 0 spiro atoms. The van der Waals surface area contributed by atoms with E-state index in [9.17, 15) is 0 Å². The van der Waals surface area contributed by atoms with Crippen molar-refractivity contribution in [3.05, 3.63) is 26.1 Å². The van der Waals surface area contributed by atoms with Crippen molar-refractivity contribution < 1.29 is 0 Å². The third kappa shape index (κ3) is 0.765. The van der Waals surface area contributed by atoms with E-state index < -0.39 is 0 Å². The van der Waals surface area contributed by atoms with Crippen LogP contribution >= 0.6 is 0 Å². The van der Waals surface area contributed by atoms with Gasteiger partial charge in [-0.05, 0) is 0 Å². The molecule has 0 aliphatic heterocycles. The SMILES string of the molecule is [CH]c1ncn([CH])n1. The Morgan fingerprint density at radius 2 is 2.43 bits per heavy atom. The molecule has 0 aliphatic rings. The fourth-order valence-corrected chi connectivity index (χ4v) is 0.288. The first kappa shape index (κ1) is 4.30. The van der Waals surface area contributed by atoms with Crippen molar-refractivity contribution in [1.82, 2.24) is 14.8 Å². The standard InChI is InChI=1S/C4H3N3/c1-4-5-3-7(2)6-4/h1-3H. The Balaban J connectivity index is 3.04. The molecule has 3 nitrogen and oxygen atoms in total. The minimum absolute atomic E-state index is 0.197. The Hall–Kier alpha value is -0.860. The molecule has 0 bridgehead atoms. The van der Waals surface area contributed by atoms with E-state index in [4.69, 9.17) is 14.0 Å². The lowest BCUT2D eigenvalue weighted by Crippen LogP contribution is -1.83. The zero-order chi connectivity index (χ0) is 5.28. The van der Waals surface area contributed by atoms with Crippen LogP contribution in [0.15, 0.2) is 6.33 Å². The molecule has 0 atom stereocenters. The summed E-state index contributed by atoms with van der Waals surface area (Å²) in [7, 11) is 5.04. The lowest BCUT2D eigenvalue weighted by atomic mass is 10.8. The van der Waals surface area contributed by atoms with Gasteiger partial charge >= 0.3 is 0 Å². The molecular weight excluding hydrogens is 90.1 g/mol. The number of rotatable bonds is 0. The highest BCUT2D eigenvalue weighted by Crippen LogP contribution is 1.80. The second kappa shape index (κ2) is 1.33. The van der Waals surface area contributed by atoms with Crippen LogP contribution < -0.4 is 0 Å². The normalized spacial score (nSPS) is 9.43. The number of hydrogen-bond acceptors (Lipinski definition) is 2. The summed E-state index contributed by atoms with van der Waals surface area (Å²) >= 11 is 0. The molecule has 0 N–H and O–H groups in total. The molecule has 4 radical (unpaired) electrons. The van der Waals surface area contributed by atoms with Crippen LogP contribution in [-0.2, 0) is 0 Å². The average molecular weight is 93.1 g/mol. The number of nitrogens with zero attached hydrogens (tertiary/aromatic N) is 3. The zero-order valence-corrected chi connectivity index (χ0v) is 3.57. The van der Waals surface area contributed by atoms with Gasteiger partial charge in [-0.25, -0.2) is 9.67 Å². The Morgan fingerprint density at radius 3 is 2.57 bits per heavy atom. The Labute approximate surface area is 42.0 Å². The summed E-state index contributed by atoms with van der Waals surface area (Å²) in [6.45, 7) is 5.06. The molecule has 0 aliphatic carbocycles. The summed E-state index contributed by atoms with van der Waals surface area (Å²) in [5.41, 5.74) is 0. The van der Waals surface area contributed by atoms with Crippen molar-refractivity contribution >= 4 is 0 Å². The van der Waals surface area contributed by atoms with Gasteiger partial charge in [0.2, 0.25) is 0 Å². The summed E-state index contributed by atoms with van der Waals surface area (Å²) in [6, 6.07) is 0. The van der Waals surface area contributed by atoms with Crippen LogP contribution in [0, 0.1) is 14.0 Å². The molecule has 0 fully saturated rings. The van der Waals surface area contributed by atoms with Gasteiger partial charge in [-0.15, -0.1) is 0 Å². The lowest BCUT2D eigenvalue weighted by Gasteiger charge is -1.75. The molecule has 1 rings (SSSR count). The molecule has 0 aromatic carbocycles. The fraction of sp³-hybridized carbons (Fsp3) is 0. The first-order chi connectivity index (χ1) is 3.29. The lowest BCUT2D eigenvalue weighted by molar-refractivity contribution is 0.868. The predicted octanol–water partition coefficient (Wildman–Crippen LogP) is -0.146. The third-order valence-corrected chi connectivity index (χ3v) is 0.526. The highest BCUT2D eigenvalue weighted by Gasteiger charge is 1.84. The van der Waals surface area contributed by atoms with E-state index in [1.807, 2.05) is 0 Å². The number of aromatic nitrogens is 3. The van der Waals surface area contributed by atoms with Crippen molar-refractivity contribution in [2.24, 2.45) is 0 Å². The van der Waals surface area contributed by atoms with Crippen LogP contribution in [0.3, 0.4) is 0 Å². The van der Waals surface area contributed by atoms with E-state index in [0.717, 1.165) is 4.68 Å². The average Bonchev–Trinajstić information content (AvgIpc) is 1.87. The molecular formula is C4H3N3. The second-order valence-electron chi connectivity index (χ2n) is 1.08. The summed E-state index contributed by atoms with van der Waals surface area (Å²) in [6.07, 6.45) is 1.33. The summed E-state index contributed by atoms with van der Waals surface area (Å²) in [4.78, 5) is 3.52. The quantitative estimate of drug-likeness (QED) is 0.446. The highest BCUT2D eigenvalue weighted by atomic mass is 15.3. The molecule has 34 valence electrons. The fourth-order valence-electron chi connectivity index (χ4n) is 0.288. The maximum Gasteiger partial charge on any atom is 0.155 e. The Morgan fingerprint density at radius 1 is 1.71 bits per heavy atom. The van der Waals surface area contributed by atoms with Gasteiger partial charge in [-0.3, -0.25) is 0 Å². The second-order valence-corrected chi connectivity index (χ2v) is 1.08. The van der Waals surface area contributed by atoms with Gasteiger partial charge in [0.25, 0.3) is 0 Å². The highest BCUT2D eigenvalue weighted by molar-refractivity contribution is 4.84. The largest absolute Gasteiger partial charge is 0.245 e. The van der Waals surface area contributed by atoms with E-state index in [0.29, 0.717) is 0 Å². The van der Waals surface area contributed by atoms with Crippen molar-refractivity contribution in [2.75, 3.05) is 0 Å². The zero-order valence-electron chi connectivity index (χ0n) is 3.57. The van der Waals surface area contributed by atoms with Gasteiger partial charge in [-0.2, -0.15) is 5.10 Å². The van der Waals surface area contributed by atoms with Crippen LogP contribution in [0.2, 0.25) is 0 Å². The predicted molar refractivity (Wildman–Crippen MR) is 23.1 cm³/mol. The maximum absolute atomic E-state index is 5.06. The summed E-state index contributed by atoms with van der Waals surface area (Å²) in [5, 5.41) is 3.47. The first-order valence-electron chi connectivity index (χ1n) is 1.71. The molecule has 7 heavy (non-hydrogen) atoms. The van der Waals surface area contributed by atoms with E-state index >= 15 is 0 Å². The molecule has 3 heteroatoms. The first-order valence-corrected chi connectivity index (χ1v) is 1.71. The van der Waals surface area contributed by atoms with Crippen LogP contribution in [-0.4, -0.2) is 14.8 Å². The van der Waals surface area contributed by atoms with Crippen LogP contribution in [0.4, 0.5) is 0 Å². The maximum atomic E-state index is 5.06. The molecule has 0 saturated heterocycles. The minimum atomic E-state index is 0.197. The van der Waals surface area contributed by atoms with E-state index in [2.05, 4.69) is 10.1 Å². The van der Waals surface area contributed by atoms with Gasteiger partial charge in [0, 0.05) is 6.92 Å². The molecule has 0 amide bonds. The van der Waals surface area contributed by atoms with Crippen molar-refractivity contribution in [1.29, 1.82) is 0 Å². The van der Waals surface area contributed by atoms with Crippen molar-refractivity contribution in [2.45, 2.75) is 0 Å². The molecule has 1 aromatic rings. The smallest absolute Gasteiger partial charge is 0.155 e. The summed E-state index contributed by atoms with van der Waals surface area (Å²) < 4.78 is 1.05. The van der Waals surface area contributed by atoms with E-state index in [1.54, 1.807) is 0 Å². The molecule has 0 saturated carbocycles. The van der Waals surface area contributed by atoms with Crippen LogP contribution in [0.25, 0.3) is 0 Å². The molecule has 1 aromatic heterocycles. The third-order valence-electron chi connectivity index (χ3n) is 0.526. The monoisotopic (exact) mass is 93.0 g/mol. The number of hydrogen-bond donors (Lipinski definition) is 0. The molecule has 1 heterocycles. The topological polar surface area (TPSA) is 30.7 Å². The van der Waals surface area contributed by atoms with E-state index in [1.165, 1.54) is 6.33 Å². The van der Waals surface area contributed by atoms with Gasteiger partial charge in [-0.1, -0.05) is 0 Å². The Kier molecular flexibility index (Phi) is 0.817. The summed E-state index contributed by atoms with van der Waals surface area (Å²) in [5.74, 6) is 0.197. The van der Waals surface area contributed by atoms with Gasteiger partial charge < -0.3 is 0 Å². The minimum Gasteiger partial charge on any atom is -0.245 e. The van der Waals surface area contributed by atoms with E-state index in [-0.39, 0.29) is 5.82 Å². The van der Waals surface area contributed by atoms with Gasteiger partial charge in [0.05, 0.1) is 0 Å². The van der Waals surface area contributed by atoms with Crippen molar-refractivity contribution in [3.63, 3.8) is 0 Å². The van der Waals surface area contributed by atoms with Gasteiger partial charge in [0.15, 0.2) is 5.82 Å². The van der Waals surface area contributed by atoms with Crippen LogP contribution in [0.1, 0.15) is 5.82 Å².